The third-order valence-electron chi connectivity index (χ3n) is 5.40. The fourth-order valence-corrected chi connectivity index (χ4v) is 3.92. The smallest absolute Gasteiger partial charge is 0.123 e. The summed E-state index contributed by atoms with van der Waals surface area (Å²) in [6, 6.07) is 19.3. The molecule has 140 valence electrons. The Kier molecular flexibility index (Phi) is 7.57. The second-order valence-electron chi connectivity index (χ2n) is 7.50. The Morgan fingerprint density at radius 3 is 2.62 bits per heavy atom. The summed E-state index contributed by atoms with van der Waals surface area (Å²) < 4.78 is 6.29. The van der Waals surface area contributed by atoms with Crippen LogP contribution in [0.4, 0.5) is 0 Å². The van der Waals surface area contributed by atoms with Crippen molar-refractivity contribution in [1.82, 2.24) is 5.32 Å². The molecule has 0 amide bonds. The molecular weight excluding hydrogens is 318 g/mol. The van der Waals surface area contributed by atoms with Crippen LogP contribution in [0.2, 0.25) is 0 Å². The summed E-state index contributed by atoms with van der Waals surface area (Å²) >= 11 is 0. The molecule has 2 atom stereocenters. The van der Waals surface area contributed by atoms with Crippen molar-refractivity contribution in [2.24, 2.45) is 0 Å². The van der Waals surface area contributed by atoms with E-state index in [-0.39, 0.29) is 0 Å². The van der Waals surface area contributed by atoms with E-state index < -0.39 is 0 Å². The molecule has 2 unspecified atom stereocenters. The van der Waals surface area contributed by atoms with E-state index in [1.807, 2.05) is 0 Å². The molecule has 1 aliphatic rings. The van der Waals surface area contributed by atoms with Crippen molar-refractivity contribution in [1.29, 1.82) is 0 Å². The van der Waals surface area contributed by atoms with Crippen LogP contribution in [-0.4, -0.2) is 19.2 Å². The molecule has 0 fully saturated rings. The van der Waals surface area contributed by atoms with Gasteiger partial charge < -0.3 is 10.1 Å². The van der Waals surface area contributed by atoms with Crippen LogP contribution in [0, 0.1) is 0 Å². The number of para-hydroxylation sites is 1. The molecule has 1 N–H and O–H groups in total. The summed E-state index contributed by atoms with van der Waals surface area (Å²) in [5.41, 5.74) is 2.78. The molecule has 0 saturated heterocycles. The first-order valence-corrected chi connectivity index (χ1v) is 10.4. The SMILES string of the molecule is CCCCCCC1CC(CNCCc2ccccc2)c2ccccc2O1. The summed E-state index contributed by atoms with van der Waals surface area (Å²) in [7, 11) is 0. The molecule has 0 aliphatic carbocycles. The van der Waals surface area contributed by atoms with Gasteiger partial charge in [-0.3, -0.25) is 0 Å². The van der Waals surface area contributed by atoms with E-state index in [0.717, 1.165) is 31.7 Å². The fraction of sp³-hybridized carbons (Fsp3) is 0.500. The highest BCUT2D eigenvalue weighted by molar-refractivity contribution is 5.38. The standard InChI is InChI=1S/C24H33NO/c1-2-3-4-8-13-22-18-21(23-14-9-10-15-24(23)26-22)19-25-17-16-20-11-6-5-7-12-20/h5-7,9-12,14-15,21-22,25H,2-4,8,13,16-19H2,1H3. The zero-order chi connectivity index (χ0) is 18.0. The minimum Gasteiger partial charge on any atom is -0.490 e. The van der Waals surface area contributed by atoms with E-state index in [4.69, 9.17) is 4.74 Å². The molecule has 0 radical (unpaired) electrons. The second-order valence-corrected chi connectivity index (χ2v) is 7.50. The number of ether oxygens (including phenoxy) is 1. The first-order chi connectivity index (χ1) is 12.9. The van der Waals surface area contributed by atoms with Gasteiger partial charge in [-0.2, -0.15) is 0 Å². The molecule has 2 aromatic carbocycles. The van der Waals surface area contributed by atoms with Crippen molar-refractivity contribution in [2.45, 2.75) is 63.9 Å². The fourth-order valence-electron chi connectivity index (χ4n) is 3.92. The zero-order valence-electron chi connectivity index (χ0n) is 16.1. The highest BCUT2D eigenvalue weighted by Crippen LogP contribution is 2.37. The summed E-state index contributed by atoms with van der Waals surface area (Å²) in [5.74, 6) is 1.67. The number of hydrogen-bond donors (Lipinski definition) is 1. The van der Waals surface area contributed by atoms with Crippen LogP contribution in [0.5, 0.6) is 5.75 Å². The van der Waals surface area contributed by atoms with Crippen molar-refractivity contribution in [3.8, 4) is 5.75 Å². The topological polar surface area (TPSA) is 21.3 Å². The molecule has 2 nitrogen and oxygen atoms in total. The maximum atomic E-state index is 6.29. The number of hydrogen-bond acceptors (Lipinski definition) is 2. The maximum Gasteiger partial charge on any atom is 0.123 e. The average Bonchev–Trinajstić information content (AvgIpc) is 2.69. The van der Waals surface area contributed by atoms with Crippen molar-refractivity contribution in [2.75, 3.05) is 13.1 Å². The van der Waals surface area contributed by atoms with Crippen LogP contribution < -0.4 is 10.1 Å². The van der Waals surface area contributed by atoms with Crippen LogP contribution in [0.15, 0.2) is 54.6 Å². The number of benzene rings is 2. The Morgan fingerprint density at radius 2 is 1.77 bits per heavy atom. The van der Waals surface area contributed by atoms with Crippen molar-refractivity contribution >= 4 is 0 Å². The van der Waals surface area contributed by atoms with Gasteiger partial charge in [0, 0.05) is 12.5 Å². The van der Waals surface area contributed by atoms with Gasteiger partial charge >= 0.3 is 0 Å². The van der Waals surface area contributed by atoms with E-state index in [9.17, 15) is 0 Å². The lowest BCUT2D eigenvalue weighted by atomic mass is 9.88. The lowest BCUT2D eigenvalue weighted by Crippen LogP contribution is -2.32. The summed E-state index contributed by atoms with van der Waals surface area (Å²) in [6.45, 7) is 4.34. The van der Waals surface area contributed by atoms with E-state index in [1.165, 1.54) is 43.2 Å². The van der Waals surface area contributed by atoms with Crippen molar-refractivity contribution in [3.05, 3.63) is 65.7 Å². The molecule has 0 aromatic heterocycles. The van der Waals surface area contributed by atoms with Crippen molar-refractivity contribution in [3.63, 3.8) is 0 Å². The van der Waals surface area contributed by atoms with Crippen LogP contribution in [0.3, 0.4) is 0 Å². The maximum absolute atomic E-state index is 6.29. The van der Waals surface area contributed by atoms with E-state index in [1.54, 1.807) is 0 Å². The largest absolute Gasteiger partial charge is 0.490 e. The summed E-state index contributed by atoms with van der Waals surface area (Å²) in [4.78, 5) is 0. The van der Waals surface area contributed by atoms with Crippen LogP contribution >= 0.6 is 0 Å². The van der Waals surface area contributed by atoms with Crippen molar-refractivity contribution < 1.29 is 4.74 Å². The molecule has 3 rings (SSSR count). The predicted molar refractivity (Wildman–Crippen MR) is 110 cm³/mol. The monoisotopic (exact) mass is 351 g/mol. The van der Waals surface area contributed by atoms with E-state index in [2.05, 4.69) is 66.8 Å². The van der Waals surface area contributed by atoms with Gasteiger partial charge in [0.2, 0.25) is 0 Å². The number of fused-ring (bicyclic) bond motifs is 1. The summed E-state index contributed by atoms with van der Waals surface area (Å²) in [5, 5.41) is 3.69. The number of unbranched alkanes of at least 4 members (excludes halogenated alkanes) is 3. The first kappa shape index (κ1) is 19.0. The minimum absolute atomic E-state index is 0.377. The third kappa shape index (κ3) is 5.60. The molecule has 0 bridgehead atoms. The molecule has 1 aliphatic heterocycles. The number of nitrogens with one attached hydrogen (secondary N) is 1. The van der Waals surface area contributed by atoms with Gasteiger partial charge in [-0.05, 0) is 49.4 Å². The molecule has 2 heteroatoms. The Bertz CT molecular complexity index is 640. The van der Waals surface area contributed by atoms with Gasteiger partial charge in [-0.15, -0.1) is 0 Å². The molecule has 0 spiro atoms. The first-order valence-electron chi connectivity index (χ1n) is 10.4. The molecule has 26 heavy (non-hydrogen) atoms. The van der Waals surface area contributed by atoms with Gasteiger partial charge in [0.1, 0.15) is 5.75 Å². The molecule has 1 heterocycles. The molecule has 2 aromatic rings. The van der Waals surface area contributed by atoms with Gasteiger partial charge in [0.15, 0.2) is 0 Å². The number of rotatable bonds is 10. The summed E-state index contributed by atoms with van der Waals surface area (Å²) in [6.07, 6.45) is 9.05. The van der Waals surface area contributed by atoms with Crippen LogP contribution in [-0.2, 0) is 6.42 Å². The Labute approximate surface area is 159 Å². The Morgan fingerprint density at radius 1 is 0.962 bits per heavy atom. The van der Waals surface area contributed by atoms with Gasteiger partial charge in [-0.25, -0.2) is 0 Å². The normalized spacial score (nSPS) is 19.0. The highest BCUT2D eigenvalue weighted by atomic mass is 16.5. The quantitative estimate of drug-likeness (QED) is 0.552. The zero-order valence-corrected chi connectivity index (χ0v) is 16.1. The molecule has 0 saturated carbocycles. The van der Waals surface area contributed by atoms with Gasteiger partial charge in [0.25, 0.3) is 0 Å². The van der Waals surface area contributed by atoms with Crippen LogP contribution in [0.1, 0.15) is 62.5 Å². The highest BCUT2D eigenvalue weighted by Gasteiger charge is 2.27. The van der Waals surface area contributed by atoms with Crippen LogP contribution in [0.25, 0.3) is 0 Å². The Hall–Kier alpha value is -1.80. The third-order valence-corrected chi connectivity index (χ3v) is 5.40. The lowest BCUT2D eigenvalue weighted by molar-refractivity contribution is 0.145. The van der Waals surface area contributed by atoms with E-state index in [0.29, 0.717) is 12.0 Å². The lowest BCUT2D eigenvalue weighted by Gasteiger charge is -2.32. The second kappa shape index (κ2) is 10.4. The van der Waals surface area contributed by atoms with E-state index >= 15 is 0 Å². The minimum atomic E-state index is 0.377. The molecular formula is C24H33NO. The van der Waals surface area contributed by atoms with Gasteiger partial charge in [-0.1, -0.05) is 74.7 Å². The Balaban J connectivity index is 1.51. The predicted octanol–water partition coefficient (Wildman–Crippen LogP) is 5.72. The van der Waals surface area contributed by atoms with Gasteiger partial charge in [0.05, 0.1) is 6.10 Å². The average molecular weight is 352 g/mol.